The summed E-state index contributed by atoms with van der Waals surface area (Å²) in [6.07, 6.45) is 0. The van der Waals surface area contributed by atoms with Gasteiger partial charge in [-0.2, -0.15) is 4.98 Å². The summed E-state index contributed by atoms with van der Waals surface area (Å²) < 4.78 is 2.01. The van der Waals surface area contributed by atoms with Gasteiger partial charge in [-0.1, -0.05) is 30.3 Å². The van der Waals surface area contributed by atoms with Crippen LogP contribution in [0, 0.1) is 0 Å². The second-order valence-electron chi connectivity index (χ2n) is 5.64. The third-order valence-electron chi connectivity index (χ3n) is 4.23. The summed E-state index contributed by atoms with van der Waals surface area (Å²) in [5, 5.41) is 11.5. The summed E-state index contributed by atoms with van der Waals surface area (Å²) in [5.74, 6) is 2.21. The molecule has 4 rings (SSSR count). The van der Waals surface area contributed by atoms with Crippen molar-refractivity contribution in [3.8, 4) is 0 Å². The van der Waals surface area contributed by atoms with E-state index in [-0.39, 0.29) is 0 Å². The molecule has 0 saturated carbocycles. The van der Waals surface area contributed by atoms with Crippen LogP contribution < -0.4 is 15.5 Å². The van der Waals surface area contributed by atoms with Gasteiger partial charge in [0.1, 0.15) is 0 Å². The van der Waals surface area contributed by atoms with Gasteiger partial charge in [0.2, 0.25) is 11.9 Å². The van der Waals surface area contributed by atoms with E-state index in [0.717, 1.165) is 51.2 Å². The molecule has 0 bridgehead atoms. The number of fused-ring (bicyclic) bond motifs is 1. The maximum absolute atomic E-state index is 4.69. The van der Waals surface area contributed by atoms with Crippen molar-refractivity contribution in [1.82, 2.24) is 20.1 Å². The van der Waals surface area contributed by atoms with Gasteiger partial charge in [-0.25, -0.2) is 4.68 Å². The van der Waals surface area contributed by atoms with Crippen molar-refractivity contribution in [2.24, 2.45) is 0 Å². The molecule has 2 N–H and O–H groups in total. The largest absolute Gasteiger partial charge is 0.354 e. The van der Waals surface area contributed by atoms with Crippen molar-refractivity contribution >= 4 is 11.9 Å². The summed E-state index contributed by atoms with van der Waals surface area (Å²) in [7, 11) is 0. The zero-order chi connectivity index (χ0) is 14.1. The molecule has 2 aliphatic heterocycles. The highest BCUT2D eigenvalue weighted by Crippen LogP contribution is 2.25. The van der Waals surface area contributed by atoms with Crippen molar-refractivity contribution in [1.29, 1.82) is 0 Å². The Hall–Kier alpha value is -2.08. The van der Waals surface area contributed by atoms with Gasteiger partial charge in [0.25, 0.3) is 0 Å². The van der Waals surface area contributed by atoms with E-state index in [1.165, 1.54) is 5.56 Å². The lowest BCUT2D eigenvalue weighted by molar-refractivity contribution is 0.501. The van der Waals surface area contributed by atoms with E-state index >= 15 is 0 Å². The third-order valence-corrected chi connectivity index (χ3v) is 4.23. The highest BCUT2D eigenvalue weighted by molar-refractivity contribution is 5.40. The first-order chi connectivity index (χ1) is 10.4. The predicted octanol–water partition coefficient (Wildman–Crippen LogP) is 0.897. The molecule has 1 saturated heterocycles. The molecule has 6 heteroatoms. The molecular formula is C15H20N6. The Morgan fingerprint density at radius 2 is 1.90 bits per heavy atom. The quantitative estimate of drug-likeness (QED) is 0.858. The molecule has 1 unspecified atom stereocenters. The van der Waals surface area contributed by atoms with Gasteiger partial charge in [0, 0.05) is 38.6 Å². The summed E-state index contributed by atoms with van der Waals surface area (Å²) in [4.78, 5) is 6.89. The number of nitrogens with one attached hydrogen (secondary N) is 2. The first-order valence-electron chi connectivity index (χ1n) is 7.59. The van der Waals surface area contributed by atoms with Crippen molar-refractivity contribution in [3.63, 3.8) is 0 Å². The van der Waals surface area contributed by atoms with E-state index in [1.807, 2.05) is 4.68 Å². The van der Waals surface area contributed by atoms with Crippen LogP contribution in [0.1, 0.15) is 11.5 Å². The molecule has 2 aliphatic rings. The molecule has 1 atom stereocenters. The van der Waals surface area contributed by atoms with Gasteiger partial charge < -0.3 is 15.5 Å². The van der Waals surface area contributed by atoms with E-state index < -0.39 is 0 Å². The van der Waals surface area contributed by atoms with Crippen LogP contribution in [0.15, 0.2) is 30.3 Å². The van der Waals surface area contributed by atoms with Crippen LogP contribution in [-0.2, 0) is 6.54 Å². The standard InChI is InChI=1S/C15H20N6/c1-2-4-12(5-3-1)13-10-17-14-18-15(19-21(14)11-13)20-8-6-16-7-9-20/h1-5,13,16H,6-11H2,(H,17,18,19). The lowest BCUT2D eigenvalue weighted by Crippen LogP contribution is -2.44. The van der Waals surface area contributed by atoms with E-state index in [2.05, 4.69) is 50.8 Å². The zero-order valence-corrected chi connectivity index (χ0v) is 12.0. The fourth-order valence-electron chi connectivity index (χ4n) is 3.02. The average Bonchev–Trinajstić information content (AvgIpc) is 2.99. The summed E-state index contributed by atoms with van der Waals surface area (Å²) in [5.41, 5.74) is 1.36. The molecule has 0 radical (unpaired) electrons. The van der Waals surface area contributed by atoms with Gasteiger partial charge in [0.15, 0.2) is 0 Å². The number of nitrogens with zero attached hydrogens (tertiary/aromatic N) is 4. The fraction of sp³-hybridized carbons (Fsp3) is 0.467. The van der Waals surface area contributed by atoms with Gasteiger partial charge in [-0.3, -0.25) is 0 Å². The second-order valence-corrected chi connectivity index (χ2v) is 5.64. The molecule has 0 aliphatic carbocycles. The van der Waals surface area contributed by atoms with Crippen LogP contribution in [-0.4, -0.2) is 47.5 Å². The molecule has 110 valence electrons. The van der Waals surface area contributed by atoms with E-state index in [4.69, 9.17) is 5.10 Å². The molecule has 1 aromatic heterocycles. The number of piperazine rings is 1. The first kappa shape index (κ1) is 12.6. The molecular weight excluding hydrogens is 264 g/mol. The third kappa shape index (κ3) is 2.47. The number of hydrogen-bond acceptors (Lipinski definition) is 5. The van der Waals surface area contributed by atoms with Crippen molar-refractivity contribution in [2.45, 2.75) is 12.5 Å². The maximum Gasteiger partial charge on any atom is 0.246 e. The minimum atomic E-state index is 0.455. The lowest BCUT2D eigenvalue weighted by Gasteiger charge is -2.25. The molecule has 0 amide bonds. The molecule has 1 fully saturated rings. The number of anilines is 2. The Bertz CT molecular complexity index is 602. The van der Waals surface area contributed by atoms with Crippen LogP contribution >= 0.6 is 0 Å². The molecule has 21 heavy (non-hydrogen) atoms. The zero-order valence-electron chi connectivity index (χ0n) is 12.0. The van der Waals surface area contributed by atoms with E-state index in [0.29, 0.717) is 5.92 Å². The average molecular weight is 284 g/mol. The molecule has 2 aromatic rings. The number of hydrogen-bond donors (Lipinski definition) is 2. The topological polar surface area (TPSA) is 58.0 Å². The van der Waals surface area contributed by atoms with Crippen molar-refractivity contribution in [2.75, 3.05) is 42.9 Å². The molecule has 1 aromatic carbocycles. The summed E-state index contributed by atoms with van der Waals surface area (Å²) in [6.45, 7) is 5.78. The van der Waals surface area contributed by atoms with Gasteiger partial charge in [-0.05, 0) is 5.56 Å². The molecule has 6 nitrogen and oxygen atoms in total. The van der Waals surface area contributed by atoms with Crippen LogP contribution in [0.2, 0.25) is 0 Å². The van der Waals surface area contributed by atoms with Crippen LogP contribution in [0.3, 0.4) is 0 Å². The van der Waals surface area contributed by atoms with Gasteiger partial charge >= 0.3 is 0 Å². The summed E-state index contributed by atoms with van der Waals surface area (Å²) >= 11 is 0. The van der Waals surface area contributed by atoms with Gasteiger partial charge in [0.05, 0.1) is 6.54 Å². The smallest absolute Gasteiger partial charge is 0.246 e. The van der Waals surface area contributed by atoms with Crippen LogP contribution in [0.4, 0.5) is 11.9 Å². The fourth-order valence-corrected chi connectivity index (χ4v) is 3.02. The number of benzene rings is 1. The SMILES string of the molecule is c1ccc(C2CNc3nc(N4CCNCC4)nn3C2)cc1. The summed E-state index contributed by atoms with van der Waals surface area (Å²) in [6, 6.07) is 10.6. The Labute approximate surface area is 124 Å². The van der Waals surface area contributed by atoms with Gasteiger partial charge in [-0.15, -0.1) is 5.10 Å². The highest BCUT2D eigenvalue weighted by Gasteiger charge is 2.24. The monoisotopic (exact) mass is 284 g/mol. The molecule has 3 heterocycles. The van der Waals surface area contributed by atoms with Crippen LogP contribution in [0.5, 0.6) is 0 Å². The Morgan fingerprint density at radius 1 is 1.10 bits per heavy atom. The Balaban J connectivity index is 1.54. The van der Waals surface area contributed by atoms with E-state index in [1.54, 1.807) is 0 Å². The number of aromatic nitrogens is 3. The molecule has 0 spiro atoms. The van der Waals surface area contributed by atoms with Crippen LogP contribution in [0.25, 0.3) is 0 Å². The minimum absolute atomic E-state index is 0.455. The van der Waals surface area contributed by atoms with Crippen molar-refractivity contribution in [3.05, 3.63) is 35.9 Å². The predicted molar refractivity (Wildman–Crippen MR) is 82.8 cm³/mol. The maximum atomic E-state index is 4.69. The highest BCUT2D eigenvalue weighted by atomic mass is 15.5. The second kappa shape index (κ2) is 5.37. The van der Waals surface area contributed by atoms with E-state index in [9.17, 15) is 0 Å². The first-order valence-corrected chi connectivity index (χ1v) is 7.59. The Morgan fingerprint density at radius 3 is 2.71 bits per heavy atom. The normalized spacial score (nSPS) is 21.7. The lowest BCUT2D eigenvalue weighted by atomic mass is 9.98. The minimum Gasteiger partial charge on any atom is -0.354 e. The van der Waals surface area contributed by atoms with Crippen molar-refractivity contribution < 1.29 is 0 Å². The number of rotatable bonds is 2. The Kier molecular flexibility index (Phi) is 3.23.